The van der Waals surface area contributed by atoms with Crippen LogP contribution in [0.1, 0.15) is 20.8 Å². The van der Waals surface area contributed by atoms with Crippen LogP contribution < -0.4 is 0 Å². The highest BCUT2D eigenvalue weighted by Gasteiger charge is 2.31. The molecule has 0 saturated carbocycles. The van der Waals surface area contributed by atoms with Crippen LogP contribution in [0.15, 0.2) is 0 Å². The smallest absolute Gasteiger partial charge is 0.0815 e. The van der Waals surface area contributed by atoms with Gasteiger partial charge in [-0.15, -0.1) is 0 Å². The lowest BCUT2D eigenvalue weighted by Crippen LogP contribution is -2.58. The van der Waals surface area contributed by atoms with Gasteiger partial charge in [-0.1, -0.05) is 0 Å². The molecule has 0 radical (unpaired) electrons. The van der Waals surface area contributed by atoms with Crippen molar-refractivity contribution < 1.29 is 4.84 Å². The predicted molar refractivity (Wildman–Crippen MR) is 49.9 cm³/mol. The van der Waals surface area contributed by atoms with E-state index in [0.717, 1.165) is 13.1 Å². The van der Waals surface area contributed by atoms with Gasteiger partial charge in [0.1, 0.15) is 0 Å². The average molecular weight is 172 g/mol. The second-order valence-corrected chi connectivity index (χ2v) is 4.67. The zero-order valence-corrected chi connectivity index (χ0v) is 8.79. The number of hydroxylamine groups is 2. The molecule has 1 rings (SSSR count). The van der Waals surface area contributed by atoms with E-state index < -0.39 is 0 Å². The molecule has 0 aliphatic carbocycles. The van der Waals surface area contributed by atoms with Crippen LogP contribution in [0, 0.1) is 0 Å². The maximum atomic E-state index is 5.66. The van der Waals surface area contributed by atoms with Gasteiger partial charge in [0.25, 0.3) is 0 Å². The first kappa shape index (κ1) is 9.96. The zero-order valence-electron chi connectivity index (χ0n) is 8.79. The fourth-order valence-electron chi connectivity index (χ4n) is 1.21. The van der Waals surface area contributed by atoms with Crippen LogP contribution in [0.5, 0.6) is 0 Å². The molecule has 72 valence electrons. The van der Waals surface area contributed by atoms with E-state index in [9.17, 15) is 0 Å². The first-order chi connectivity index (χ1) is 5.38. The zero-order chi connectivity index (χ0) is 9.35. The molecule has 3 heteroatoms. The Bertz CT molecular complexity index is 145. The predicted octanol–water partition coefficient (Wildman–Crippen LogP) is 0.962. The molecule has 1 saturated heterocycles. The van der Waals surface area contributed by atoms with Crippen molar-refractivity contribution in [3.8, 4) is 0 Å². The Hall–Kier alpha value is -0.120. The van der Waals surface area contributed by atoms with E-state index in [1.807, 2.05) is 5.06 Å². The van der Waals surface area contributed by atoms with Crippen molar-refractivity contribution in [3.63, 3.8) is 0 Å². The Kier molecular flexibility index (Phi) is 2.76. The molecule has 0 unspecified atom stereocenters. The minimum atomic E-state index is -0.0444. The molecule has 1 fully saturated rings. The summed E-state index contributed by atoms with van der Waals surface area (Å²) in [4.78, 5) is 7.90. The standard InChI is InChI=1S/C9H20N2O/c1-9(2,3)12-11-6-8(7-11)10(4)5/h8H,6-7H2,1-5H3. The van der Waals surface area contributed by atoms with E-state index in [4.69, 9.17) is 4.84 Å². The lowest BCUT2D eigenvalue weighted by Gasteiger charge is -2.44. The number of rotatable bonds is 2. The van der Waals surface area contributed by atoms with E-state index >= 15 is 0 Å². The molecule has 1 aliphatic heterocycles. The van der Waals surface area contributed by atoms with Crippen molar-refractivity contribution in [3.05, 3.63) is 0 Å². The maximum Gasteiger partial charge on any atom is 0.0815 e. The molecule has 12 heavy (non-hydrogen) atoms. The summed E-state index contributed by atoms with van der Waals surface area (Å²) in [6.07, 6.45) is 0. The number of likely N-dealkylation sites (N-methyl/N-ethyl adjacent to an activating group) is 1. The quantitative estimate of drug-likeness (QED) is 0.617. The largest absolute Gasteiger partial charge is 0.304 e. The third-order valence-corrected chi connectivity index (χ3v) is 1.96. The lowest BCUT2D eigenvalue weighted by atomic mass is 10.1. The second-order valence-electron chi connectivity index (χ2n) is 4.67. The molecule has 0 N–H and O–H groups in total. The van der Waals surface area contributed by atoms with Gasteiger partial charge in [-0.2, -0.15) is 5.06 Å². The fraction of sp³-hybridized carbons (Fsp3) is 1.00. The van der Waals surface area contributed by atoms with Gasteiger partial charge < -0.3 is 4.90 Å². The minimum Gasteiger partial charge on any atom is -0.304 e. The van der Waals surface area contributed by atoms with Crippen molar-refractivity contribution in [1.29, 1.82) is 0 Å². The van der Waals surface area contributed by atoms with Gasteiger partial charge in [0, 0.05) is 19.1 Å². The van der Waals surface area contributed by atoms with Gasteiger partial charge in [-0.3, -0.25) is 4.84 Å². The second kappa shape index (κ2) is 3.32. The van der Waals surface area contributed by atoms with Gasteiger partial charge in [0.2, 0.25) is 0 Å². The van der Waals surface area contributed by atoms with Crippen molar-refractivity contribution in [2.24, 2.45) is 0 Å². The van der Waals surface area contributed by atoms with E-state index in [1.54, 1.807) is 0 Å². The Morgan fingerprint density at radius 1 is 1.25 bits per heavy atom. The molecule has 0 atom stereocenters. The highest BCUT2D eigenvalue weighted by molar-refractivity contribution is 4.81. The fourth-order valence-corrected chi connectivity index (χ4v) is 1.21. The third-order valence-electron chi connectivity index (χ3n) is 1.96. The van der Waals surface area contributed by atoms with Crippen LogP contribution in [0.3, 0.4) is 0 Å². The molecule has 1 aliphatic rings. The van der Waals surface area contributed by atoms with E-state index in [0.29, 0.717) is 6.04 Å². The summed E-state index contributed by atoms with van der Waals surface area (Å²) in [5, 5.41) is 2.03. The molecule has 0 amide bonds. The van der Waals surface area contributed by atoms with Crippen molar-refractivity contribution in [1.82, 2.24) is 9.96 Å². The number of hydrogen-bond acceptors (Lipinski definition) is 3. The lowest BCUT2D eigenvalue weighted by molar-refractivity contribution is -0.273. The molecular weight excluding hydrogens is 152 g/mol. The van der Waals surface area contributed by atoms with Crippen LogP contribution in [0.2, 0.25) is 0 Å². The first-order valence-corrected chi connectivity index (χ1v) is 4.49. The molecule has 1 heterocycles. The topological polar surface area (TPSA) is 15.7 Å². The van der Waals surface area contributed by atoms with Crippen molar-refractivity contribution in [2.75, 3.05) is 27.2 Å². The van der Waals surface area contributed by atoms with Crippen molar-refractivity contribution >= 4 is 0 Å². The number of nitrogens with zero attached hydrogens (tertiary/aromatic N) is 2. The van der Waals surface area contributed by atoms with Crippen LogP contribution in [0.4, 0.5) is 0 Å². The molecule has 0 aromatic carbocycles. The summed E-state index contributed by atoms with van der Waals surface area (Å²) in [5.41, 5.74) is -0.0444. The molecular formula is C9H20N2O. The third kappa shape index (κ3) is 2.73. The van der Waals surface area contributed by atoms with E-state index in [1.165, 1.54) is 0 Å². The summed E-state index contributed by atoms with van der Waals surface area (Å²) in [5.74, 6) is 0. The van der Waals surface area contributed by atoms with Crippen molar-refractivity contribution in [2.45, 2.75) is 32.4 Å². The minimum absolute atomic E-state index is 0.0444. The number of hydrogen-bond donors (Lipinski definition) is 0. The van der Waals surface area contributed by atoms with Crippen LogP contribution in [-0.4, -0.2) is 48.8 Å². The SMILES string of the molecule is CN(C)C1CN(OC(C)(C)C)C1. The molecule has 0 aromatic rings. The molecule has 0 aromatic heterocycles. The Balaban J connectivity index is 2.18. The highest BCUT2D eigenvalue weighted by Crippen LogP contribution is 2.18. The van der Waals surface area contributed by atoms with Crippen LogP contribution >= 0.6 is 0 Å². The molecule has 3 nitrogen and oxygen atoms in total. The van der Waals surface area contributed by atoms with E-state index in [2.05, 4.69) is 39.8 Å². The Morgan fingerprint density at radius 3 is 2.08 bits per heavy atom. The summed E-state index contributed by atoms with van der Waals surface area (Å²) >= 11 is 0. The van der Waals surface area contributed by atoms with E-state index in [-0.39, 0.29) is 5.60 Å². The maximum absolute atomic E-state index is 5.66. The monoisotopic (exact) mass is 172 g/mol. The van der Waals surface area contributed by atoms with Gasteiger partial charge in [-0.25, -0.2) is 0 Å². The van der Waals surface area contributed by atoms with Gasteiger partial charge in [0.05, 0.1) is 5.60 Å². The Morgan fingerprint density at radius 2 is 1.75 bits per heavy atom. The molecule has 0 bridgehead atoms. The normalized spacial score (nSPS) is 21.5. The highest BCUT2D eigenvalue weighted by atomic mass is 16.7. The summed E-state index contributed by atoms with van der Waals surface area (Å²) in [6.45, 7) is 8.30. The molecule has 0 spiro atoms. The van der Waals surface area contributed by atoms with Crippen LogP contribution in [0.25, 0.3) is 0 Å². The Labute approximate surface area is 75.2 Å². The summed E-state index contributed by atoms with van der Waals surface area (Å²) in [7, 11) is 4.22. The average Bonchev–Trinajstić information content (AvgIpc) is 1.74. The summed E-state index contributed by atoms with van der Waals surface area (Å²) in [6, 6.07) is 0.673. The summed E-state index contributed by atoms with van der Waals surface area (Å²) < 4.78 is 0. The van der Waals surface area contributed by atoms with Gasteiger partial charge >= 0.3 is 0 Å². The van der Waals surface area contributed by atoms with Gasteiger partial charge in [0.15, 0.2) is 0 Å². The van der Waals surface area contributed by atoms with Gasteiger partial charge in [-0.05, 0) is 34.9 Å². The first-order valence-electron chi connectivity index (χ1n) is 4.49. The van der Waals surface area contributed by atoms with Crippen LogP contribution in [-0.2, 0) is 4.84 Å².